The fraction of sp³-hybridized carbons (Fsp3) is 0.714. The maximum Gasteiger partial charge on any atom is 0.191 e. The molecule has 106 valence electrons. The van der Waals surface area contributed by atoms with Crippen LogP contribution in [0.25, 0.3) is 0 Å². The highest BCUT2D eigenvalue weighted by Crippen LogP contribution is 2.31. The fourth-order valence-electron chi connectivity index (χ4n) is 1.87. The maximum absolute atomic E-state index is 4.59. The summed E-state index contributed by atoms with van der Waals surface area (Å²) < 4.78 is 0. The SMILES string of the molecule is CCNC(=NCc1ncc(CC)s1)NCCC1CC1. The minimum absolute atomic E-state index is 0.670. The van der Waals surface area contributed by atoms with E-state index in [9.17, 15) is 0 Å². The van der Waals surface area contributed by atoms with Crippen molar-refractivity contribution in [1.29, 1.82) is 0 Å². The quantitative estimate of drug-likeness (QED) is 0.596. The van der Waals surface area contributed by atoms with Crippen LogP contribution in [0.2, 0.25) is 0 Å². The molecular formula is C14H24N4S. The Balaban J connectivity index is 1.79. The molecule has 0 aromatic carbocycles. The average Bonchev–Trinajstić information content (AvgIpc) is 3.12. The van der Waals surface area contributed by atoms with Crippen molar-refractivity contribution >= 4 is 17.3 Å². The summed E-state index contributed by atoms with van der Waals surface area (Å²) in [6.07, 6.45) is 7.11. The van der Waals surface area contributed by atoms with Crippen LogP contribution in [0.15, 0.2) is 11.2 Å². The Bertz CT molecular complexity index is 409. The van der Waals surface area contributed by atoms with Crippen LogP contribution >= 0.6 is 11.3 Å². The zero-order chi connectivity index (χ0) is 13.5. The summed E-state index contributed by atoms with van der Waals surface area (Å²) in [5, 5.41) is 7.78. The van der Waals surface area contributed by atoms with Crippen molar-refractivity contribution in [2.75, 3.05) is 13.1 Å². The van der Waals surface area contributed by atoms with Crippen molar-refractivity contribution in [3.8, 4) is 0 Å². The number of hydrogen-bond acceptors (Lipinski definition) is 3. The molecule has 19 heavy (non-hydrogen) atoms. The first kappa shape index (κ1) is 14.3. The lowest BCUT2D eigenvalue weighted by molar-refractivity contribution is 0.685. The molecule has 1 aromatic heterocycles. The summed E-state index contributed by atoms with van der Waals surface area (Å²) in [7, 11) is 0. The van der Waals surface area contributed by atoms with E-state index >= 15 is 0 Å². The Labute approximate surface area is 119 Å². The second-order valence-corrected chi connectivity index (χ2v) is 6.13. The van der Waals surface area contributed by atoms with Crippen LogP contribution in [0.3, 0.4) is 0 Å². The number of nitrogens with zero attached hydrogens (tertiary/aromatic N) is 2. The Morgan fingerprint density at radius 1 is 1.42 bits per heavy atom. The molecule has 2 rings (SSSR count). The Kier molecular flexibility index (Phi) is 5.63. The molecule has 1 saturated carbocycles. The molecule has 0 unspecified atom stereocenters. The van der Waals surface area contributed by atoms with Crippen LogP contribution in [-0.2, 0) is 13.0 Å². The number of rotatable bonds is 7. The van der Waals surface area contributed by atoms with Crippen molar-refractivity contribution in [2.45, 2.75) is 46.1 Å². The molecule has 5 heteroatoms. The van der Waals surface area contributed by atoms with E-state index in [-0.39, 0.29) is 0 Å². The van der Waals surface area contributed by atoms with E-state index in [0.29, 0.717) is 6.54 Å². The standard InChI is InChI=1S/C14H24N4S/c1-3-12-9-17-13(19-12)10-18-14(15-4-2)16-8-7-11-5-6-11/h9,11H,3-8,10H2,1-2H3,(H2,15,16,18). The smallest absolute Gasteiger partial charge is 0.191 e. The van der Waals surface area contributed by atoms with Gasteiger partial charge >= 0.3 is 0 Å². The van der Waals surface area contributed by atoms with Gasteiger partial charge in [0.25, 0.3) is 0 Å². The molecule has 2 N–H and O–H groups in total. The van der Waals surface area contributed by atoms with Gasteiger partial charge in [0, 0.05) is 24.2 Å². The molecule has 0 bridgehead atoms. The van der Waals surface area contributed by atoms with E-state index in [1.807, 2.05) is 6.20 Å². The normalized spacial score (nSPS) is 15.6. The topological polar surface area (TPSA) is 49.3 Å². The molecule has 1 aliphatic carbocycles. The summed E-state index contributed by atoms with van der Waals surface area (Å²) in [5.41, 5.74) is 0. The molecule has 0 radical (unpaired) electrons. The molecule has 1 aromatic rings. The van der Waals surface area contributed by atoms with Gasteiger partial charge in [-0.2, -0.15) is 0 Å². The van der Waals surface area contributed by atoms with E-state index in [1.54, 1.807) is 11.3 Å². The van der Waals surface area contributed by atoms with Crippen molar-refractivity contribution < 1.29 is 0 Å². The van der Waals surface area contributed by atoms with Crippen molar-refractivity contribution in [3.63, 3.8) is 0 Å². The highest BCUT2D eigenvalue weighted by molar-refractivity contribution is 7.11. The molecule has 1 fully saturated rings. The van der Waals surface area contributed by atoms with Crippen LogP contribution in [-0.4, -0.2) is 24.0 Å². The average molecular weight is 280 g/mol. The first-order valence-corrected chi connectivity index (χ1v) is 8.09. The van der Waals surface area contributed by atoms with Crippen molar-refractivity contribution in [1.82, 2.24) is 15.6 Å². The Hall–Kier alpha value is -1.10. The Morgan fingerprint density at radius 3 is 2.89 bits per heavy atom. The zero-order valence-electron chi connectivity index (χ0n) is 11.9. The van der Waals surface area contributed by atoms with E-state index in [4.69, 9.17) is 0 Å². The van der Waals surface area contributed by atoms with Gasteiger partial charge in [-0.3, -0.25) is 0 Å². The van der Waals surface area contributed by atoms with Crippen molar-refractivity contribution in [2.24, 2.45) is 10.9 Å². The molecule has 0 amide bonds. The van der Waals surface area contributed by atoms with Crippen LogP contribution in [0.4, 0.5) is 0 Å². The zero-order valence-corrected chi connectivity index (χ0v) is 12.7. The largest absolute Gasteiger partial charge is 0.357 e. The predicted molar refractivity (Wildman–Crippen MR) is 81.7 cm³/mol. The third-order valence-corrected chi connectivity index (χ3v) is 4.33. The fourth-order valence-corrected chi connectivity index (χ4v) is 2.66. The van der Waals surface area contributed by atoms with Gasteiger partial charge in [0.1, 0.15) is 5.01 Å². The van der Waals surface area contributed by atoms with Gasteiger partial charge in [-0.1, -0.05) is 19.8 Å². The molecule has 0 aliphatic heterocycles. The molecule has 0 atom stereocenters. The molecule has 0 spiro atoms. The van der Waals surface area contributed by atoms with E-state index in [1.165, 1.54) is 24.1 Å². The van der Waals surface area contributed by atoms with Gasteiger partial charge in [-0.15, -0.1) is 11.3 Å². The first-order valence-electron chi connectivity index (χ1n) is 7.27. The molecule has 1 heterocycles. The van der Waals surface area contributed by atoms with Crippen LogP contribution in [0.5, 0.6) is 0 Å². The number of guanidine groups is 1. The number of aliphatic imine (C=N–C) groups is 1. The molecule has 0 saturated heterocycles. The van der Waals surface area contributed by atoms with E-state index in [2.05, 4.69) is 34.5 Å². The molecular weight excluding hydrogens is 256 g/mol. The summed E-state index contributed by atoms with van der Waals surface area (Å²) in [4.78, 5) is 10.3. The van der Waals surface area contributed by atoms with Gasteiger partial charge in [-0.05, 0) is 25.7 Å². The summed E-state index contributed by atoms with van der Waals surface area (Å²) in [6, 6.07) is 0. The highest BCUT2D eigenvalue weighted by atomic mass is 32.1. The van der Waals surface area contributed by atoms with Gasteiger partial charge < -0.3 is 10.6 Å². The van der Waals surface area contributed by atoms with E-state index in [0.717, 1.165) is 36.4 Å². The highest BCUT2D eigenvalue weighted by Gasteiger charge is 2.20. The minimum Gasteiger partial charge on any atom is -0.357 e. The summed E-state index contributed by atoms with van der Waals surface area (Å²) in [6.45, 7) is 6.84. The molecule has 1 aliphatic rings. The maximum atomic E-state index is 4.59. The number of nitrogens with one attached hydrogen (secondary N) is 2. The first-order chi connectivity index (χ1) is 9.31. The lowest BCUT2D eigenvalue weighted by atomic mass is 10.3. The monoisotopic (exact) mass is 280 g/mol. The van der Waals surface area contributed by atoms with Gasteiger partial charge in [0.2, 0.25) is 0 Å². The van der Waals surface area contributed by atoms with Gasteiger partial charge in [0.15, 0.2) is 5.96 Å². The van der Waals surface area contributed by atoms with Gasteiger partial charge in [-0.25, -0.2) is 9.98 Å². The number of aryl methyl sites for hydroxylation is 1. The van der Waals surface area contributed by atoms with Crippen LogP contribution in [0, 0.1) is 5.92 Å². The van der Waals surface area contributed by atoms with E-state index < -0.39 is 0 Å². The lowest BCUT2D eigenvalue weighted by Crippen LogP contribution is -2.37. The second-order valence-electron chi connectivity index (χ2n) is 4.93. The third kappa shape index (κ3) is 5.19. The van der Waals surface area contributed by atoms with Crippen LogP contribution < -0.4 is 10.6 Å². The van der Waals surface area contributed by atoms with Gasteiger partial charge in [0.05, 0.1) is 6.54 Å². The second kappa shape index (κ2) is 7.48. The number of thiazole rings is 1. The minimum atomic E-state index is 0.670. The lowest BCUT2D eigenvalue weighted by Gasteiger charge is -2.10. The number of hydrogen-bond donors (Lipinski definition) is 2. The number of aromatic nitrogens is 1. The van der Waals surface area contributed by atoms with Crippen molar-refractivity contribution in [3.05, 3.63) is 16.1 Å². The van der Waals surface area contributed by atoms with Crippen LogP contribution in [0.1, 0.15) is 43.0 Å². The summed E-state index contributed by atoms with van der Waals surface area (Å²) >= 11 is 1.76. The summed E-state index contributed by atoms with van der Waals surface area (Å²) in [5.74, 6) is 1.87. The third-order valence-electron chi connectivity index (χ3n) is 3.21. The molecule has 4 nitrogen and oxygen atoms in total. The Morgan fingerprint density at radius 2 is 2.26 bits per heavy atom. The predicted octanol–water partition coefficient (Wildman–Crippen LogP) is 2.56.